The molecule has 1 aromatic rings. The van der Waals surface area contributed by atoms with Crippen LogP contribution in [0.4, 0.5) is 0 Å². The number of aryl methyl sites for hydroxylation is 1. The Labute approximate surface area is 83.3 Å². The third-order valence-electron chi connectivity index (χ3n) is 1.94. The molecule has 1 aromatic heterocycles. The Morgan fingerprint density at radius 2 is 2.21 bits per heavy atom. The highest BCUT2D eigenvalue weighted by Gasteiger charge is 2.13. The first-order chi connectivity index (χ1) is 6.63. The summed E-state index contributed by atoms with van der Waals surface area (Å²) in [6, 6.07) is -0.560. The second-order valence-corrected chi connectivity index (χ2v) is 3.77. The van der Waals surface area contributed by atoms with Crippen molar-refractivity contribution in [1.29, 1.82) is 0 Å². The molecule has 5 nitrogen and oxygen atoms in total. The lowest BCUT2D eigenvalue weighted by Gasteiger charge is -2.00. The van der Waals surface area contributed by atoms with E-state index in [0.717, 1.165) is 12.8 Å². The summed E-state index contributed by atoms with van der Waals surface area (Å²) < 4.78 is 4.90. The maximum atomic E-state index is 8.76. The second-order valence-electron chi connectivity index (χ2n) is 3.77. The number of rotatable bonds is 5. The van der Waals surface area contributed by atoms with Crippen molar-refractivity contribution >= 4 is 0 Å². The highest BCUT2D eigenvalue weighted by molar-refractivity contribution is 4.91. The Bertz CT molecular complexity index is 273. The van der Waals surface area contributed by atoms with Crippen molar-refractivity contribution in [3.05, 3.63) is 11.7 Å². The van der Waals surface area contributed by atoms with E-state index in [2.05, 4.69) is 24.0 Å². The highest BCUT2D eigenvalue weighted by atomic mass is 16.5. The van der Waals surface area contributed by atoms with E-state index in [9.17, 15) is 0 Å². The molecule has 1 atom stereocenters. The summed E-state index contributed by atoms with van der Waals surface area (Å²) in [5, 5.41) is 12.5. The van der Waals surface area contributed by atoms with Gasteiger partial charge in [0, 0.05) is 6.42 Å². The minimum atomic E-state index is -0.560. The Kier molecular flexibility index (Phi) is 4.03. The zero-order chi connectivity index (χ0) is 10.6. The van der Waals surface area contributed by atoms with Gasteiger partial charge in [0.05, 0.1) is 6.61 Å². The molecule has 0 aromatic carbocycles. The van der Waals surface area contributed by atoms with Gasteiger partial charge in [-0.2, -0.15) is 4.98 Å². The fourth-order valence-corrected chi connectivity index (χ4v) is 1.02. The Morgan fingerprint density at radius 1 is 1.50 bits per heavy atom. The van der Waals surface area contributed by atoms with Crippen LogP contribution in [0.15, 0.2) is 4.52 Å². The topological polar surface area (TPSA) is 85.2 Å². The van der Waals surface area contributed by atoms with Gasteiger partial charge in [0.1, 0.15) is 6.04 Å². The van der Waals surface area contributed by atoms with Crippen LogP contribution in [-0.4, -0.2) is 21.9 Å². The molecule has 80 valence electrons. The summed E-state index contributed by atoms with van der Waals surface area (Å²) in [6.07, 6.45) is 1.81. The Balaban J connectivity index is 2.50. The van der Waals surface area contributed by atoms with Crippen LogP contribution in [-0.2, 0) is 6.42 Å². The van der Waals surface area contributed by atoms with Gasteiger partial charge < -0.3 is 15.4 Å². The molecule has 0 fully saturated rings. The monoisotopic (exact) mass is 199 g/mol. The van der Waals surface area contributed by atoms with Crippen LogP contribution >= 0.6 is 0 Å². The van der Waals surface area contributed by atoms with E-state index >= 15 is 0 Å². The van der Waals surface area contributed by atoms with Gasteiger partial charge >= 0.3 is 0 Å². The summed E-state index contributed by atoms with van der Waals surface area (Å²) in [5.41, 5.74) is 5.52. The predicted molar refractivity (Wildman–Crippen MR) is 51.5 cm³/mol. The lowest BCUT2D eigenvalue weighted by atomic mass is 10.1. The maximum absolute atomic E-state index is 8.76. The summed E-state index contributed by atoms with van der Waals surface area (Å²) in [6.45, 7) is 4.10. The SMILES string of the molecule is CC(C)CCc1noc([C@@H](N)CO)n1. The summed E-state index contributed by atoms with van der Waals surface area (Å²) in [5.74, 6) is 1.59. The third-order valence-corrected chi connectivity index (χ3v) is 1.94. The number of aliphatic hydroxyl groups is 1. The first-order valence-corrected chi connectivity index (χ1v) is 4.82. The fourth-order valence-electron chi connectivity index (χ4n) is 1.02. The van der Waals surface area contributed by atoms with Crippen LogP contribution in [0.1, 0.15) is 38.0 Å². The average Bonchev–Trinajstić information content (AvgIpc) is 2.62. The number of aliphatic hydroxyl groups excluding tert-OH is 1. The van der Waals surface area contributed by atoms with Crippen LogP contribution in [0, 0.1) is 5.92 Å². The maximum Gasteiger partial charge on any atom is 0.245 e. The van der Waals surface area contributed by atoms with Crippen LogP contribution in [0.5, 0.6) is 0 Å². The quantitative estimate of drug-likeness (QED) is 0.727. The van der Waals surface area contributed by atoms with Crippen molar-refractivity contribution in [3.8, 4) is 0 Å². The lowest BCUT2D eigenvalue weighted by Crippen LogP contribution is -2.14. The van der Waals surface area contributed by atoms with Crippen molar-refractivity contribution in [3.63, 3.8) is 0 Å². The van der Waals surface area contributed by atoms with Gasteiger partial charge in [-0.05, 0) is 12.3 Å². The van der Waals surface area contributed by atoms with Crippen LogP contribution < -0.4 is 5.73 Å². The van der Waals surface area contributed by atoms with E-state index in [1.54, 1.807) is 0 Å². The molecule has 0 amide bonds. The zero-order valence-corrected chi connectivity index (χ0v) is 8.60. The molecule has 0 aliphatic carbocycles. The Hall–Kier alpha value is -0.940. The first-order valence-electron chi connectivity index (χ1n) is 4.82. The molecule has 14 heavy (non-hydrogen) atoms. The first kappa shape index (κ1) is 11.1. The van der Waals surface area contributed by atoms with Gasteiger partial charge in [0.2, 0.25) is 5.89 Å². The molecule has 0 bridgehead atoms. The fraction of sp³-hybridized carbons (Fsp3) is 0.778. The number of hydrogen-bond acceptors (Lipinski definition) is 5. The third kappa shape index (κ3) is 3.08. The van der Waals surface area contributed by atoms with Gasteiger partial charge in [-0.15, -0.1) is 0 Å². The van der Waals surface area contributed by atoms with Crippen molar-refractivity contribution in [2.24, 2.45) is 11.7 Å². The van der Waals surface area contributed by atoms with E-state index in [0.29, 0.717) is 17.6 Å². The number of nitrogens with zero attached hydrogens (tertiary/aromatic N) is 2. The molecule has 1 heterocycles. The molecule has 0 saturated heterocycles. The van der Waals surface area contributed by atoms with E-state index in [-0.39, 0.29) is 6.61 Å². The largest absolute Gasteiger partial charge is 0.394 e. The van der Waals surface area contributed by atoms with Crippen molar-refractivity contribution < 1.29 is 9.63 Å². The van der Waals surface area contributed by atoms with Crippen LogP contribution in [0.2, 0.25) is 0 Å². The average molecular weight is 199 g/mol. The minimum Gasteiger partial charge on any atom is -0.394 e. The molecule has 0 aliphatic heterocycles. The van der Waals surface area contributed by atoms with E-state index < -0.39 is 6.04 Å². The van der Waals surface area contributed by atoms with Gasteiger partial charge in [0.15, 0.2) is 5.82 Å². The minimum absolute atomic E-state index is 0.175. The highest BCUT2D eigenvalue weighted by Crippen LogP contribution is 2.09. The molecule has 0 unspecified atom stereocenters. The smallest absolute Gasteiger partial charge is 0.245 e. The standard InChI is InChI=1S/C9H17N3O2/c1-6(2)3-4-8-11-9(14-12-8)7(10)5-13/h6-7,13H,3-5,10H2,1-2H3/t7-/m0/s1. The predicted octanol–water partition coefficient (Wildman–Crippen LogP) is 0.650. The summed E-state index contributed by atoms with van der Waals surface area (Å²) in [7, 11) is 0. The van der Waals surface area contributed by atoms with Crippen LogP contribution in [0.3, 0.4) is 0 Å². The van der Waals surface area contributed by atoms with Gasteiger partial charge in [0.25, 0.3) is 0 Å². The molecule has 0 aliphatic rings. The molecule has 0 saturated carbocycles. The van der Waals surface area contributed by atoms with Gasteiger partial charge in [-0.1, -0.05) is 19.0 Å². The Morgan fingerprint density at radius 3 is 2.79 bits per heavy atom. The van der Waals surface area contributed by atoms with E-state index in [1.165, 1.54) is 0 Å². The van der Waals surface area contributed by atoms with Crippen LogP contribution in [0.25, 0.3) is 0 Å². The number of aromatic nitrogens is 2. The normalized spacial score (nSPS) is 13.5. The van der Waals surface area contributed by atoms with Crippen molar-refractivity contribution in [1.82, 2.24) is 10.1 Å². The second kappa shape index (κ2) is 5.07. The summed E-state index contributed by atoms with van der Waals surface area (Å²) in [4.78, 5) is 4.09. The molecular formula is C9H17N3O2. The molecular weight excluding hydrogens is 182 g/mol. The van der Waals surface area contributed by atoms with E-state index in [4.69, 9.17) is 15.4 Å². The lowest BCUT2D eigenvalue weighted by molar-refractivity contribution is 0.236. The van der Waals surface area contributed by atoms with Gasteiger partial charge in [-0.3, -0.25) is 0 Å². The van der Waals surface area contributed by atoms with Crippen molar-refractivity contribution in [2.45, 2.75) is 32.7 Å². The van der Waals surface area contributed by atoms with E-state index in [1.807, 2.05) is 0 Å². The van der Waals surface area contributed by atoms with Gasteiger partial charge in [-0.25, -0.2) is 0 Å². The summed E-state index contributed by atoms with van der Waals surface area (Å²) >= 11 is 0. The molecule has 0 spiro atoms. The number of nitrogens with two attached hydrogens (primary N) is 1. The van der Waals surface area contributed by atoms with Crippen molar-refractivity contribution in [2.75, 3.05) is 6.61 Å². The molecule has 3 N–H and O–H groups in total. The zero-order valence-electron chi connectivity index (χ0n) is 8.60. The molecule has 1 rings (SSSR count). The number of hydrogen-bond donors (Lipinski definition) is 2. The molecule has 5 heteroatoms. The molecule has 0 radical (unpaired) electrons.